The topological polar surface area (TPSA) is 68.2 Å². The van der Waals surface area contributed by atoms with Crippen LogP contribution in [0.25, 0.3) is 5.52 Å². The van der Waals surface area contributed by atoms with E-state index in [1.807, 2.05) is 19.9 Å². The van der Waals surface area contributed by atoms with Crippen LogP contribution in [0, 0.1) is 13.8 Å². The summed E-state index contributed by atoms with van der Waals surface area (Å²) in [6, 6.07) is 2.04. The van der Waals surface area contributed by atoms with E-state index in [1.165, 1.54) is 38.7 Å². The van der Waals surface area contributed by atoms with Crippen molar-refractivity contribution in [3.63, 3.8) is 0 Å². The second-order valence-electron chi connectivity index (χ2n) is 4.69. The average Bonchev–Trinajstić information content (AvgIpc) is 2.69. The summed E-state index contributed by atoms with van der Waals surface area (Å²) in [7, 11) is 0. The summed E-state index contributed by atoms with van der Waals surface area (Å²) in [6.07, 6.45) is 5.68. The minimum atomic E-state index is 0.538. The molecule has 98 valence electrons. The molecule has 0 bridgehead atoms. The molecule has 3 rings (SSSR count). The van der Waals surface area contributed by atoms with Crippen molar-refractivity contribution in [2.45, 2.75) is 33.1 Å². The first kappa shape index (κ1) is 12.8. The Hall–Kier alpha value is -1.62. The fraction of sp³-hybridized carbons (Fsp3) is 0.538. The van der Waals surface area contributed by atoms with Gasteiger partial charge in [0.2, 0.25) is 0 Å². The van der Waals surface area contributed by atoms with Gasteiger partial charge in [0.1, 0.15) is 11.8 Å². The van der Waals surface area contributed by atoms with Crippen LogP contribution in [0.2, 0.25) is 0 Å². The lowest BCUT2D eigenvalue weighted by Gasteiger charge is -2.08. The number of nitrogens with two attached hydrogens (primary N) is 1. The maximum absolute atomic E-state index is 5.70. The molecule has 3 N–H and O–H groups in total. The summed E-state index contributed by atoms with van der Waals surface area (Å²) in [5.74, 6) is 0.538. The number of piperidine rings is 1. The molecule has 0 unspecified atom stereocenters. The van der Waals surface area contributed by atoms with Crippen LogP contribution in [0.4, 0.5) is 5.82 Å². The maximum atomic E-state index is 5.70. The van der Waals surface area contributed by atoms with Crippen molar-refractivity contribution in [1.82, 2.24) is 19.9 Å². The summed E-state index contributed by atoms with van der Waals surface area (Å²) in [6.45, 7) is 6.49. The molecule has 1 aliphatic heterocycles. The lowest BCUT2D eigenvalue weighted by molar-refractivity contribution is 0.520. The first-order valence-electron chi connectivity index (χ1n) is 6.46. The Balaban J connectivity index is 0.000000169. The Morgan fingerprint density at radius 2 is 1.94 bits per heavy atom. The Morgan fingerprint density at radius 1 is 1.22 bits per heavy atom. The molecule has 5 nitrogen and oxygen atoms in total. The van der Waals surface area contributed by atoms with Crippen LogP contribution in [0.5, 0.6) is 0 Å². The molecule has 2 aromatic heterocycles. The average molecular weight is 247 g/mol. The van der Waals surface area contributed by atoms with Crippen LogP contribution >= 0.6 is 0 Å². The molecule has 0 radical (unpaired) electrons. The molecule has 0 saturated carbocycles. The van der Waals surface area contributed by atoms with E-state index in [-0.39, 0.29) is 0 Å². The van der Waals surface area contributed by atoms with E-state index in [0.29, 0.717) is 5.82 Å². The summed E-state index contributed by atoms with van der Waals surface area (Å²) < 4.78 is 1.80. The Bertz CT molecular complexity index is 502. The zero-order valence-electron chi connectivity index (χ0n) is 11.1. The van der Waals surface area contributed by atoms with Gasteiger partial charge in [-0.05, 0) is 51.4 Å². The second kappa shape index (κ2) is 5.82. The van der Waals surface area contributed by atoms with Gasteiger partial charge < -0.3 is 11.1 Å². The van der Waals surface area contributed by atoms with E-state index in [1.54, 1.807) is 4.52 Å². The van der Waals surface area contributed by atoms with Crippen molar-refractivity contribution in [2.75, 3.05) is 18.8 Å². The quantitative estimate of drug-likeness (QED) is 0.743. The van der Waals surface area contributed by atoms with E-state index < -0.39 is 0 Å². The van der Waals surface area contributed by atoms with Crippen molar-refractivity contribution in [3.05, 3.63) is 23.7 Å². The Morgan fingerprint density at radius 3 is 2.44 bits per heavy atom. The number of fused-ring (bicyclic) bond motifs is 1. The van der Waals surface area contributed by atoms with Crippen LogP contribution in [0.3, 0.4) is 0 Å². The number of nitrogen functional groups attached to an aromatic ring is 1. The van der Waals surface area contributed by atoms with Gasteiger partial charge in [0.15, 0.2) is 5.82 Å². The molecule has 1 aliphatic rings. The third kappa shape index (κ3) is 2.79. The first-order valence-corrected chi connectivity index (χ1v) is 6.46. The molecule has 0 aromatic carbocycles. The van der Waals surface area contributed by atoms with Gasteiger partial charge in [-0.3, -0.25) is 0 Å². The van der Waals surface area contributed by atoms with Crippen molar-refractivity contribution in [1.29, 1.82) is 0 Å². The molecule has 0 amide bonds. The SMILES string of the molecule is C1CCNCC1.Cc1cc(C)n2ncnc(N)c12. The van der Waals surface area contributed by atoms with Gasteiger partial charge in [-0.25, -0.2) is 9.50 Å². The van der Waals surface area contributed by atoms with Gasteiger partial charge in [0.05, 0.1) is 0 Å². The zero-order valence-corrected chi connectivity index (χ0v) is 11.1. The molecule has 0 atom stereocenters. The third-order valence-corrected chi connectivity index (χ3v) is 3.16. The number of aromatic nitrogens is 3. The van der Waals surface area contributed by atoms with E-state index in [4.69, 9.17) is 5.73 Å². The molecule has 18 heavy (non-hydrogen) atoms. The highest BCUT2D eigenvalue weighted by molar-refractivity contribution is 5.70. The van der Waals surface area contributed by atoms with Crippen LogP contribution in [0.15, 0.2) is 12.4 Å². The largest absolute Gasteiger partial charge is 0.382 e. The van der Waals surface area contributed by atoms with E-state index in [0.717, 1.165) is 16.8 Å². The van der Waals surface area contributed by atoms with Gasteiger partial charge in [0, 0.05) is 5.69 Å². The highest BCUT2D eigenvalue weighted by atomic mass is 15.2. The van der Waals surface area contributed by atoms with Gasteiger partial charge in [-0.1, -0.05) is 6.42 Å². The number of nitrogens with one attached hydrogen (secondary N) is 1. The van der Waals surface area contributed by atoms with Gasteiger partial charge >= 0.3 is 0 Å². The van der Waals surface area contributed by atoms with E-state index >= 15 is 0 Å². The fourth-order valence-electron chi connectivity index (χ4n) is 2.25. The number of anilines is 1. The minimum Gasteiger partial charge on any atom is -0.382 e. The molecule has 1 saturated heterocycles. The highest BCUT2D eigenvalue weighted by Crippen LogP contribution is 2.17. The summed E-state index contributed by atoms with van der Waals surface area (Å²) in [5, 5.41) is 7.37. The van der Waals surface area contributed by atoms with E-state index in [9.17, 15) is 0 Å². The standard InChI is InChI=1S/C8H10N4.C5H11N/c1-5-3-6(2)12-7(5)8(9)10-4-11-12;1-2-4-6-5-3-1/h3-4H,1-2H3,(H2,9,10,11);6H,1-5H2. The first-order chi connectivity index (χ1) is 8.70. The number of hydrogen-bond donors (Lipinski definition) is 2. The maximum Gasteiger partial charge on any atom is 0.151 e. The van der Waals surface area contributed by atoms with Crippen LogP contribution < -0.4 is 11.1 Å². The summed E-state index contributed by atoms with van der Waals surface area (Å²) >= 11 is 0. The third-order valence-electron chi connectivity index (χ3n) is 3.16. The smallest absolute Gasteiger partial charge is 0.151 e. The van der Waals surface area contributed by atoms with Crippen LogP contribution in [-0.4, -0.2) is 27.7 Å². The molecule has 0 aliphatic carbocycles. The number of nitrogens with zero attached hydrogens (tertiary/aromatic N) is 3. The minimum absolute atomic E-state index is 0.538. The van der Waals surface area contributed by atoms with Crippen LogP contribution in [0.1, 0.15) is 30.5 Å². The van der Waals surface area contributed by atoms with E-state index in [2.05, 4.69) is 15.4 Å². The summed E-state index contributed by atoms with van der Waals surface area (Å²) in [4.78, 5) is 3.93. The van der Waals surface area contributed by atoms with Gasteiger partial charge in [-0.2, -0.15) is 5.10 Å². The van der Waals surface area contributed by atoms with Gasteiger partial charge in [-0.15, -0.1) is 0 Å². The number of hydrogen-bond acceptors (Lipinski definition) is 4. The zero-order chi connectivity index (χ0) is 13.0. The monoisotopic (exact) mass is 247 g/mol. The normalized spacial score (nSPS) is 15.2. The summed E-state index contributed by atoms with van der Waals surface area (Å²) in [5.41, 5.74) is 8.81. The number of rotatable bonds is 0. The predicted molar refractivity (Wildman–Crippen MR) is 73.6 cm³/mol. The Labute approximate surface area is 107 Å². The lowest BCUT2D eigenvalue weighted by Crippen LogP contribution is -2.21. The molecular weight excluding hydrogens is 226 g/mol. The fourth-order valence-corrected chi connectivity index (χ4v) is 2.25. The number of aryl methyl sites for hydroxylation is 2. The predicted octanol–water partition coefficient (Wildman–Crippen LogP) is 1.69. The Kier molecular flexibility index (Phi) is 4.15. The van der Waals surface area contributed by atoms with Gasteiger partial charge in [0.25, 0.3) is 0 Å². The second-order valence-corrected chi connectivity index (χ2v) is 4.69. The van der Waals surface area contributed by atoms with Crippen molar-refractivity contribution < 1.29 is 0 Å². The molecular formula is C13H21N5. The molecule has 1 fully saturated rings. The van der Waals surface area contributed by atoms with Crippen LogP contribution in [-0.2, 0) is 0 Å². The van der Waals surface area contributed by atoms with Crippen molar-refractivity contribution in [2.24, 2.45) is 0 Å². The molecule has 2 aromatic rings. The van der Waals surface area contributed by atoms with Crippen molar-refractivity contribution >= 4 is 11.3 Å². The molecule has 3 heterocycles. The molecule has 5 heteroatoms. The lowest BCUT2D eigenvalue weighted by atomic mass is 10.2. The molecule has 0 spiro atoms. The van der Waals surface area contributed by atoms with Crippen molar-refractivity contribution in [3.8, 4) is 0 Å². The highest BCUT2D eigenvalue weighted by Gasteiger charge is 2.06.